The first-order valence-corrected chi connectivity index (χ1v) is 33.9. The summed E-state index contributed by atoms with van der Waals surface area (Å²) in [6, 6.07) is -0.888. The van der Waals surface area contributed by atoms with Crippen molar-refractivity contribution in [3.05, 3.63) is 48.6 Å². The summed E-state index contributed by atoms with van der Waals surface area (Å²) in [5.41, 5.74) is 0. The second-order valence-corrected chi connectivity index (χ2v) is 24.7. The topological polar surface area (TPSA) is 114 Å². The van der Waals surface area contributed by atoms with Crippen molar-refractivity contribution in [1.82, 2.24) is 5.32 Å². The second kappa shape index (κ2) is 56.3. The molecule has 0 spiro atoms. The fourth-order valence-corrected chi connectivity index (χ4v) is 10.2. The van der Waals surface area contributed by atoms with Crippen LogP contribution in [-0.4, -0.2) is 69.4 Å². The number of quaternary nitrogens is 1. The fraction of sp³-hybridized carbons (Fsp3) is 0.848. The summed E-state index contributed by atoms with van der Waals surface area (Å²) in [5.74, 6) is -0.533. The maximum atomic E-state index is 13.6. The molecule has 1 N–H and O–H groups in total. The molecule has 0 aliphatic rings. The number of unbranched alkanes of at least 4 members (excludes halogenated alkanes) is 37. The third-order valence-corrected chi connectivity index (χ3v) is 15.5. The van der Waals surface area contributed by atoms with E-state index < -0.39 is 20.0 Å². The molecule has 0 saturated carbocycles. The largest absolute Gasteiger partial charge is 0.756 e. The van der Waals surface area contributed by atoms with Gasteiger partial charge in [-0.1, -0.05) is 275 Å². The van der Waals surface area contributed by atoms with Crippen LogP contribution in [0.1, 0.15) is 310 Å². The molecule has 0 aromatic heterocycles. The Kier molecular flexibility index (Phi) is 54.7. The van der Waals surface area contributed by atoms with E-state index in [1.807, 2.05) is 33.3 Å². The average molecular weight is 1090 g/mol. The number of esters is 1. The van der Waals surface area contributed by atoms with Gasteiger partial charge in [0.25, 0.3) is 7.82 Å². The Morgan fingerprint density at radius 3 is 1.22 bits per heavy atom. The average Bonchev–Trinajstić information content (AvgIpc) is 3.38. The second-order valence-electron chi connectivity index (χ2n) is 23.3. The highest BCUT2D eigenvalue weighted by Crippen LogP contribution is 2.38. The zero-order valence-corrected chi connectivity index (χ0v) is 51.9. The lowest BCUT2D eigenvalue weighted by Gasteiger charge is -2.30. The third kappa shape index (κ3) is 56.7. The minimum atomic E-state index is -4.70. The summed E-state index contributed by atoms with van der Waals surface area (Å²) in [7, 11) is 1.19. The van der Waals surface area contributed by atoms with Gasteiger partial charge in [0.2, 0.25) is 5.91 Å². The summed E-state index contributed by atoms with van der Waals surface area (Å²) in [5, 5.41) is 3.04. The molecule has 76 heavy (non-hydrogen) atoms. The molecule has 0 bridgehead atoms. The maximum Gasteiger partial charge on any atom is 0.306 e. The number of nitrogens with zero attached hydrogens (tertiary/aromatic N) is 1. The predicted octanol–water partition coefficient (Wildman–Crippen LogP) is 19.4. The highest BCUT2D eigenvalue weighted by Gasteiger charge is 2.27. The van der Waals surface area contributed by atoms with E-state index in [9.17, 15) is 19.0 Å². The molecule has 9 nitrogen and oxygen atoms in total. The first-order chi connectivity index (χ1) is 36.9. The van der Waals surface area contributed by atoms with E-state index in [2.05, 4.69) is 62.5 Å². The van der Waals surface area contributed by atoms with Crippen LogP contribution in [-0.2, 0) is 27.9 Å². The Labute approximate surface area is 471 Å². The molecule has 0 aromatic rings. The number of likely N-dealkylation sites (N-methyl/N-ethyl adjacent to an activating group) is 1. The molecule has 10 heteroatoms. The minimum absolute atomic E-state index is 0.0218. The van der Waals surface area contributed by atoms with Crippen molar-refractivity contribution in [2.24, 2.45) is 0 Å². The van der Waals surface area contributed by atoms with Crippen molar-refractivity contribution in [2.75, 3.05) is 40.9 Å². The van der Waals surface area contributed by atoms with Gasteiger partial charge in [-0.15, -0.1) is 0 Å². The highest BCUT2D eigenvalue weighted by atomic mass is 31.2. The summed E-state index contributed by atoms with van der Waals surface area (Å²) >= 11 is 0. The number of hydrogen-bond acceptors (Lipinski definition) is 7. The molecule has 446 valence electrons. The maximum absolute atomic E-state index is 13.6. The van der Waals surface area contributed by atoms with Gasteiger partial charge in [0, 0.05) is 12.8 Å². The molecule has 3 unspecified atom stereocenters. The molecular weight excluding hydrogens is 964 g/mol. The Bertz CT molecular complexity index is 1440. The van der Waals surface area contributed by atoms with Crippen molar-refractivity contribution < 1.29 is 37.3 Å². The van der Waals surface area contributed by atoms with Crippen molar-refractivity contribution in [3.63, 3.8) is 0 Å². The van der Waals surface area contributed by atoms with E-state index in [4.69, 9.17) is 13.8 Å². The molecule has 0 saturated heterocycles. The highest BCUT2D eigenvalue weighted by molar-refractivity contribution is 7.45. The molecule has 0 heterocycles. The molecule has 0 aliphatic heterocycles. The monoisotopic (exact) mass is 1090 g/mol. The van der Waals surface area contributed by atoms with E-state index in [-0.39, 0.29) is 31.5 Å². The normalized spacial score (nSPS) is 13.9. The van der Waals surface area contributed by atoms with Crippen molar-refractivity contribution in [2.45, 2.75) is 322 Å². The van der Waals surface area contributed by atoms with E-state index in [0.29, 0.717) is 17.4 Å². The zero-order valence-electron chi connectivity index (χ0n) is 51.0. The van der Waals surface area contributed by atoms with Gasteiger partial charge in [-0.05, 0) is 70.3 Å². The van der Waals surface area contributed by atoms with Crippen LogP contribution in [0, 0.1) is 0 Å². The molecule has 0 aromatic carbocycles. The Morgan fingerprint density at radius 1 is 0.461 bits per heavy atom. The molecule has 0 radical (unpaired) electrons. The van der Waals surface area contributed by atoms with Crippen LogP contribution >= 0.6 is 7.82 Å². The summed E-state index contributed by atoms with van der Waals surface area (Å²) in [4.78, 5) is 40.0. The van der Waals surface area contributed by atoms with Crippen LogP contribution in [0.2, 0.25) is 0 Å². The van der Waals surface area contributed by atoms with Gasteiger partial charge >= 0.3 is 5.97 Å². The smallest absolute Gasteiger partial charge is 0.306 e. The van der Waals surface area contributed by atoms with Crippen molar-refractivity contribution >= 4 is 19.7 Å². The molecular formula is C66H125N2O7P. The Balaban J connectivity index is 5.15. The quantitative estimate of drug-likeness (QED) is 0.0212. The van der Waals surface area contributed by atoms with Crippen LogP contribution in [0.3, 0.4) is 0 Å². The number of rotatable bonds is 59. The number of phosphoric acid groups is 1. The number of phosphoric ester groups is 1. The van der Waals surface area contributed by atoms with Crippen LogP contribution in [0.15, 0.2) is 48.6 Å². The van der Waals surface area contributed by atoms with Gasteiger partial charge in [0.05, 0.1) is 33.8 Å². The SMILES string of the molecule is CCCCC/C=C\C/C=C\C/C=C\CCCCCCCCCCCCC(=O)NC(COP(=O)([O-])OCC[N+](C)(C)C)C(/C=C\CCCCCCCCCCCC)OC(=O)CCCCCCCCCCCCCCCCC. The van der Waals surface area contributed by atoms with E-state index in [1.54, 1.807) is 0 Å². The Morgan fingerprint density at radius 2 is 0.803 bits per heavy atom. The summed E-state index contributed by atoms with van der Waals surface area (Å²) < 4.78 is 30.4. The van der Waals surface area contributed by atoms with Gasteiger partial charge in [0.1, 0.15) is 19.3 Å². The van der Waals surface area contributed by atoms with E-state index >= 15 is 0 Å². The summed E-state index contributed by atoms with van der Waals surface area (Å²) in [6.45, 7) is 6.84. The number of hydrogen-bond donors (Lipinski definition) is 1. The van der Waals surface area contributed by atoms with Gasteiger partial charge in [-0.3, -0.25) is 14.2 Å². The lowest BCUT2D eigenvalue weighted by atomic mass is 10.0. The Hall–Kier alpha value is -2.03. The minimum Gasteiger partial charge on any atom is -0.756 e. The van der Waals surface area contributed by atoms with Crippen LogP contribution in [0.5, 0.6) is 0 Å². The van der Waals surface area contributed by atoms with E-state index in [1.165, 1.54) is 199 Å². The lowest BCUT2D eigenvalue weighted by molar-refractivity contribution is -0.870. The molecule has 3 atom stereocenters. The van der Waals surface area contributed by atoms with Gasteiger partial charge < -0.3 is 28.5 Å². The molecule has 1 amide bonds. The van der Waals surface area contributed by atoms with Crippen molar-refractivity contribution in [1.29, 1.82) is 0 Å². The molecule has 0 rings (SSSR count). The number of nitrogens with one attached hydrogen (secondary N) is 1. The molecule has 0 fully saturated rings. The fourth-order valence-electron chi connectivity index (χ4n) is 9.47. The van der Waals surface area contributed by atoms with Gasteiger partial charge in [-0.25, -0.2) is 0 Å². The molecule has 0 aliphatic carbocycles. The summed E-state index contributed by atoms with van der Waals surface area (Å²) in [6.07, 6.45) is 69.3. The number of ether oxygens (including phenoxy) is 1. The van der Waals surface area contributed by atoms with Gasteiger partial charge in [-0.2, -0.15) is 0 Å². The number of carbonyl (C=O) groups is 2. The number of allylic oxidation sites excluding steroid dienone is 7. The van der Waals surface area contributed by atoms with Crippen LogP contribution in [0.25, 0.3) is 0 Å². The van der Waals surface area contributed by atoms with Crippen LogP contribution < -0.4 is 10.2 Å². The predicted molar refractivity (Wildman–Crippen MR) is 326 cm³/mol. The zero-order chi connectivity index (χ0) is 55.7. The van der Waals surface area contributed by atoms with Crippen molar-refractivity contribution in [3.8, 4) is 0 Å². The first kappa shape index (κ1) is 74.0. The third-order valence-electron chi connectivity index (χ3n) is 14.5. The van der Waals surface area contributed by atoms with E-state index in [0.717, 1.165) is 77.0 Å². The first-order valence-electron chi connectivity index (χ1n) is 32.4. The number of amides is 1. The standard InChI is InChI=1S/C66H125N2O7P/c1-7-10-13-16-19-22-25-28-30-31-32-33-34-35-36-37-39-40-43-46-49-52-55-58-65(69)67-63(62-74-76(71,72)73-61-60-68(4,5)6)64(57-54-51-48-45-42-27-24-21-18-15-12-9-3)75-66(70)59-56-53-50-47-44-41-38-29-26-23-20-17-14-11-8-2/h19,22,28,30,32-33,54,57,63-64H,7-18,20-21,23-27,29,31,34-53,55-56,58-62H2,1-6H3,(H-,67,69,71,72)/b22-19-,30-28-,33-32-,57-54-. The lowest BCUT2D eigenvalue weighted by Crippen LogP contribution is -2.47. The number of carbonyl (C=O) groups excluding carboxylic acids is 2. The van der Waals surface area contributed by atoms with Gasteiger partial charge in [0.15, 0.2) is 0 Å². The van der Waals surface area contributed by atoms with Crippen LogP contribution in [0.4, 0.5) is 0 Å².